The second kappa shape index (κ2) is 8.65. The minimum absolute atomic E-state index is 0.197. The lowest BCUT2D eigenvalue weighted by atomic mass is 10.00. The third-order valence-electron chi connectivity index (χ3n) is 4.76. The number of nitrogens with one attached hydrogen (secondary N) is 1. The number of nitrogens with zero attached hydrogens (tertiary/aromatic N) is 3. The van der Waals surface area contributed by atoms with Crippen LogP contribution in [0.1, 0.15) is 42.8 Å². The summed E-state index contributed by atoms with van der Waals surface area (Å²) in [6.45, 7) is 7.65. The van der Waals surface area contributed by atoms with Crippen LogP contribution in [-0.4, -0.2) is 26.8 Å². The van der Waals surface area contributed by atoms with Gasteiger partial charge in [0.1, 0.15) is 6.04 Å². The Kier molecular flexibility index (Phi) is 5.97. The maximum atomic E-state index is 13.0. The number of hydrogen-bond donors (Lipinski definition) is 1. The first-order chi connectivity index (χ1) is 14.4. The van der Waals surface area contributed by atoms with E-state index in [1.807, 2.05) is 49.0 Å². The van der Waals surface area contributed by atoms with Gasteiger partial charge in [-0.25, -0.2) is 9.48 Å². The van der Waals surface area contributed by atoms with E-state index >= 15 is 0 Å². The Hall–Kier alpha value is -2.58. The summed E-state index contributed by atoms with van der Waals surface area (Å²) in [6, 6.07) is 11.9. The van der Waals surface area contributed by atoms with E-state index in [1.54, 1.807) is 23.1 Å². The van der Waals surface area contributed by atoms with Crippen molar-refractivity contribution in [2.24, 2.45) is 0 Å². The maximum Gasteiger partial charge on any atom is 0.338 e. The summed E-state index contributed by atoms with van der Waals surface area (Å²) < 4.78 is 7.37. The van der Waals surface area contributed by atoms with Crippen molar-refractivity contribution < 1.29 is 9.53 Å². The first-order valence-electron chi connectivity index (χ1n) is 9.80. The predicted octanol–water partition coefficient (Wildman–Crippen LogP) is 5.18. The molecule has 3 heterocycles. The van der Waals surface area contributed by atoms with Crippen LogP contribution >= 0.6 is 23.1 Å². The predicted molar refractivity (Wildman–Crippen MR) is 121 cm³/mol. The molecule has 0 saturated heterocycles. The molecular formula is C22H24N4O2S2. The number of carbonyl (C=O) groups is 1. The Bertz CT molecular complexity index is 1090. The van der Waals surface area contributed by atoms with E-state index in [0.29, 0.717) is 16.7 Å². The fourth-order valence-electron chi connectivity index (χ4n) is 3.36. The highest BCUT2D eigenvalue weighted by Gasteiger charge is 2.36. The molecule has 8 heteroatoms. The number of rotatable bonds is 6. The SMILES string of the molecule is CC1=C(C(=O)OC(C)C)C(c2sccc2C)n2nc(SCc3ccccc3)nc2N1. The largest absolute Gasteiger partial charge is 0.459 e. The number of benzene rings is 1. The number of thiophene rings is 1. The van der Waals surface area contributed by atoms with Gasteiger partial charge in [-0.2, -0.15) is 4.98 Å². The lowest BCUT2D eigenvalue weighted by molar-refractivity contribution is -0.143. The van der Waals surface area contributed by atoms with Crippen molar-refractivity contribution in [1.29, 1.82) is 0 Å². The highest BCUT2D eigenvalue weighted by molar-refractivity contribution is 7.98. The molecule has 0 spiro atoms. The van der Waals surface area contributed by atoms with Crippen molar-refractivity contribution in [2.45, 2.75) is 50.8 Å². The summed E-state index contributed by atoms with van der Waals surface area (Å²) in [5.74, 6) is 1.09. The van der Waals surface area contributed by atoms with Gasteiger partial charge in [-0.1, -0.05) is 42.1 Å². The number of aromatic nitrogens is 3. The van der Waals surface area contributed by atoms with E-state index in [1.165, 1.54) is 5.56 Å². The van der Waals surface area contributed by atoms with Gasteiger partial charge >= 0.3 is 5.97 Å². The molecule has 0 aliphatic carbocycles. The average molecular weight is 441 g/mol. The molecule has 1 N–H and O–H groups in total. The maximum absolute atomic E-state index is 13.0. The quantitative estimate of drug-likeness (QED) is 0.421. The molecule has 1 unspecified atom stereocenters. The lowest BCUT2D eigenvalue weighted by Crippen LogP contribution is -2.30. The van der Waals surface area contributed by atoms with Gasteiger partial charge in [-0.05, 0) is 50.3 Å². The smallest absolute Gasteiger partial charge is 0.338 e. The minimum atomic E-state index is -0.355. The molecule has 0 bridgehead atoms. The summed E-state index contributed by atoms with van der Waals surface area (Å²) in [5.41, 5.74) is 3.66. The number of fused-ring (bicyclic) bond motifs is 1. The summed E-state index contributed by atoms with van der Waals surface area (Å²) in [7, 11) is 0. The van der Waals surface area contributed by atoms with Crippen LogP contribution in [0.25, 0.3) is 0 Å². The third-order valence-corrected chi connectivity index (χ3v) is 6.74. The molecule has 0 amide bonds. The summed E-state index contributed by atoms with van der Waals surface area (Å²) in [6.07, 6.45) is -0.197. The Balaban J connectivity index is 1.69. The van der Waals surface area contributed by atoms with E-state index in [4.69, 9.17) is 9.84 Å². The van der Waals surface area contributed by atoms with Crippen LogP contribution < -0.4 is 5.32 Å². The van der Waals surface area contributed by atoms with Gasteiger partial charge in [0.25, 0.3) is 0 Å². The standard InChI is InChI=1S/C22H24N4O2S2/c1-13(2)28-20(27)17-15(4)23-21-24-22(30-12-16-8-6-5-7-9-16)25-26(21)18(17)19-14(3)10-11-29-19/h5-11,13,18H,12H2,1-4H3,(H,23,24,25). The number of allylic oxidation sites excluding steroid dienone is 1. The van der Waals surface area contributed by atoms with Crippen LogP contribution in [0.15, 0.2) is 58.2 Å². The van der Waals surface area contributed by atoms with Gasteiger partial charge in [-0.15, -0.1) is 16.4 Å². The number of anilines is 1. The Labute approximate surface area is 184 Å². The first-order valence-corrected chi connectivity index (χ1v) is 11.7. The molecule has 3 aromatic rings. The van der Waals surface area contributed by atoms with E-state index in [-0.39, 0.29) is 18.1 Å². The van der Waals surface area contributed by atoms with Gasteiger partial charge in [0.05, 0.1) is 11.7 Å². The van der Waals surface area contributed by atoms with Crippen LogP contribution in [0.5, 0.6) is 0 Å². The Morgan fingerprint density at radius 3 is 2.70 bits per heavy atom. The van der Waals surface area contributed by atoms with E-state index in [2.05, 4.69) is 35.4 Å². The van der Waals surface area contributed by atoms with Crippen molar-refractivity contribution in [3.63, 3.8) is 0 Å². The molecule has 156 valence electrons. The molecule has 2 aromatic heterocycles. The molecule has 30 heavy (non-hydrogen) atoms. The van der Waals surface area contributed by atoms with Crippen LogP contribution in [0.4, 0.5) is 5.95 Å². The molecular weight excluding hydrogens is 416 g/mol. The van der Waals surface area contributed by atoms with Crippen LogP contribution in [0.3, 0.4) is 0 Å². The highest BCUT2D eigenvalue weighted by Crippen LogP contribution is 2.40. The molecule has 0 saturated carbocycles. The molecule has 1 aliphatic rings. The summed E-state index contributed by atoms with van der Waals surface area (Å²) in [5, 5.41) is 10.7. The van der Waals surface area contributed by atoms with Gasteiger partial charge in [0.2, 0.25) is 11.1 Å². The van der Waals surface area contributed by atoms with Gasteiger partial charge in [0.15, 0.2) is 0 Å². The molecule has 0 radical (unpaired) electrons. The van der Waals surface area contributed by atoms with Gasteiger partial charge in [-0.3, -0.25) is 0 Å². The van der Waals surface area contributed by atoms with Gasteiger partial charge in [0, 0.05) is 16.3 Å². The number of aryl methyl sites for hydroxylation is 1. The fraction of sp³-hybridized carbons (Fsp3) is 0.318. The molecule has 0 fully saturated rings. The number of esters is 1. The number of ether oxygens (including phenoxy) is 1. The van der Waals surface area contributed by atoms with Crippen molar-refractivity contribution in [1.82, 2.24) is 14.8 Å². The summed E-state index contributed by atoms with van der Waals surface area (Å²) in [4.78, 5) is 18.7. The molecule has 1 aromatic carbocycles. The van der Waals surface area contributed by atoms with Crippen molar-refractivity contribution in [3.8, 4) is 0 Å². The zero-order valence-electron chi connectivity index (χ0n) is 17.4. The lowest BCUT2D eigenvalue weighted by Gasteiger charge is -2.28. The average Bonchev–Trinajstić information content (AvgIpc) is 3.31. The van der Waals surface area contributed by atoms with E-state index in [9.17, 15) is 4.79 Å². The topological polar surface area (TPSA) is 69.0 Å². The van der Waals surface area contributed by atoms with Crippen LogP contribution in [-0.2, 0) is 15.3 Å². The second-order valence-corrected chi connectivity index (χ2v) is 9.32. The van der Waals surface area contributed by atoms with Crippen LogP contribution in [0, 0.1) is 6.92 Å². The second-order valence-electron chi connectivity index (χ2n) is 7.42. The number of carbonyl (C=O) groups excluding carboxylic acids is 1. The first kappa shape index (κ1) is 20.7. The zero-order chi connectivity index (χ0) is 21.3. The van der Waals surface area contributed by atoms with Crippen molar-refractivity contribution in [3.05, 3.63) is 69.1 Å². The van der Waals surface area contributed by atoms with Crippen molar-refractivity contribution >= 4 is 35.0 Å². The number of thioether (sulfide) groups is 1. The minimum Gasteiger partial charge on any atom is -0.459 e. The van der Waals surface area contributed by atoms with E-state index in [0.717, 1.165) is 21.9 Å². The van der Waals surface area contributed by atoms with Gasteiger partial charge < -0.3 is 10.1 Å². The normalized spacial score (nSPS) is 15.8. The monoisotopic (exact) mass is 440 g/mol. The molecule has 4 rings (SSSR count). The van der Waals surface area contributed by atoms with Crippen molar-refractivity contribution in [2.75, 3.05) is 5.32 Å². The zero-order valence-corrected chi connectivity index (χ0v) is 19.0. The fourth-order valence-corrected chi connectivity index (χ4v) is 5.17. The molecule has 1 aliphatic heterocycles. The highest BCUT2D eigenvalue weighted by atomic mass is 32.2. The molecule has 1 atom stereocenters. The number of hydrogen-bond acceptors (Lipinski definition) is 7. The van der Waals surface area contributed by atoms with E-state index < -0.39 is 0 Å². The molecule has 6 nitrogen and oxygen atoms in total. The van der Waals surface area contributed by atoms with Crippen LogP contribution in [0.2, 0.25) is 0 Å². The Morgan fingerprint density at radius 2 is 2.03 bits per heavy atom. The Morgan fingerprint density at radius 1 is 1.27 bits per heavy atom. The third kappa shape index (κ3) is 4.15. The summed E-state index contributed by atoms with van der Waals surface area (Å²) >= 11 is 3.19.